The molecule has 0 aromatic heterocycles. The van der Waals surface area contributed by atoms with Crippen LogP contribution in [0.1, 0.15) is 62.6 Å². The van der Waals surface area contributed by atoms with Gasteiger partial charge in [0.05, 0.1) is 11.6 Å². The van der Waals surface area contributed by atoms with E-state index in [2.05, 4.69) is 5.16 Å². The van der Waals surface area contributed by atoms with E-state index in [4.69, 9.17) is 0 Å². The highest BCUT2D eigenvalue weighted by Gasteiger charge is 2.50. The fraction of sp³-hybridized carbons (Fsp3) is 0.500. The molecule has 1 aromatic carbocycles. The van der Waals surface area contributed by atoms with Crippen LogP contribution in [0.15, 0.2) is 28.9 Å². The van der Waals surface area contributed by atoms with Crippen LogP contribution < -0.4 is 0 Å². The first-order valence-electron chi connectivity index (χ1n) is 11.0. The van der Waals surface area contributed by atoms with Crippen LogP contribution in [0.3, 0.4) is 0 Å². The minimum atomic E-state index is -1.16. The van der Waals surface area contributed by atoms with Crippen LogP contribution in [0, 0.1) is 5.92 Å². The fourth-order valence-corrected chi connectivity index (χ4v) is 4.97. The number of benzene rings is 1. The Morgan fingerprint density at radius 3 is 2.56 bits per heavy atom. The van der Waals surface area contributed by atoms with Crippen molar-refractivity contribution < 1.29 is 24.7 Å². The number of imide groups is 1. The summed E-state index contributed by atoms with van der Waals surface area (Å²) in [4.78, 5) is 39.5. The molecule has 0 saturated carbocycles. The van der Waals surface area contributed by atoms with E-state index in [1.165, 1.54) is 47.1 Å². The zero-order valence-electron chi connectivity index (χ0n) is 18.7. The van der Waals surface area contributed by atoms with E-state index in [1.807, 2.05) is 18.2 Å². The summed E-state index contributed by atoms with van der Waals surface area (Å²) in [6, 6.07) is 5.35. The molecule has 1 heterocycles. The molecule has 2 aliphatic carbocycles. The Bertz CT molecular complexity index is 1060. The molecule has 8 nitrogen and oxygen atoms in total. The van der Waals surface area contributed by atoms with E-state index in [9.17, 15) is 24.7 Å². The highest BCUT2D eigenvalue weighted by atomic mass is 16.4. The normalized spacial score (nSPS) is 21.2. The summed E-state index contributed by atoms with van der Waals surface area (Å²) in [6.45, 7) is 2.98. The van der Waals surface area contributed by atoms with Gasteiger partial charge in [-0.1, -0.05) is 22.9 Å². The molecule has 2 N–H and O–H groups in total. The van der Waals surface area contributed by atoms with Gasteiger partial charge in [-0.05, 0) is 74.3 Å². The number of allylic oxidation sites excluding steroid dienone is 2. The van der Waals surface area contributed by atoms with E-state index in [0.717, 1.165) is 24.2 Å². The summed E-state index contributed by atoms with van der Waals surface area (Å²) in [5.74, 6) is -2.68. The molecule has 1 aromatic rings. The predicted octanol–water partition coefficient (Wildman–Crippen LogP) is 3.51. The molecule has 1 atom stereocenters. The summed E-state index contributed by atoms with van der Waals surface area (Å²) in [5, 5.41) is 22.9. The van der Waals surface area contributed by atoms with E-state index in [0.29, 0.717) is 5.56 Å². The molecule has 1 saturated heterocycles. The molecule has 3 amide bonds. The van der Waals surface area contributed by atoms with Gasteiger partial charge in [-0.2, -0.15) is 0 Å². The van der Waals surface area contributed by atoms with Gasteiger partial charge in [-0.25, -0.2) is 4.79 Å². The first kappa shape index (κ1) is 22.0. The van der Waals surface area contributed by atoms with E-state index >= 15 is 0 Å². The molecular formula is C24H29N3O5. The molecule has 0 radical (unpaired) electrons. The minimum Gasteiger partial charge on any atom is -0.481 e. The number of carbonyl (C=O) groups excluding carboxylic acids is 2. The number of aliphatic carboxylic acids is 1. The maximum Gasteiger partial charge on any atom is 0.327 e. The van der Waals surface area contributed by atoms with Gasteiger partial charge in [0.25, 0.3) is 5.91 Å². The van der Waals surface area contributed by atoms with Gasteiger partial charge in [0, 0.05) is 20.0 Å². The number of fused-ring (bicyclic) bond motifs is 2. The molecule has 0 spiro atoms. The van der Waals surface area contributed by atoms with Crippen LogP contribution >= 0.6 is 0 Å². The SMILES string of the molecule is CN1C(=O)N(C[C@@H](CC(=NO)c2ccc3c(c2)CC2=C3CCCC2)C(=O)O)C(=O)C1(C)C. The van der Waals surface area contributed by atoms with Crippen molar-refractivity contribution in [2.24, 2.45) is 11.1 Å². The average molecular weight is 440 g/mol. The number of likely N-dealkylation sites (N-methyl/N-ethyl adjacent to an activating group) is 1. The summed E-state index contributed by atoms with van der Waals surface area (Å²) >= 11 is 0. The lowest BCUT2D eigenvalue weighted by Gasteiger charge is -2.22. The second kappa shape index (κ2) is 8.07. The highest BCUT2D eigenvalue weighted by molar-refractivity contribution is 6.07. The first-order valence-corrected chi connectivity index (χ1v) is 11.0. The Hall–Kier alpha value is -3.16. The van der Waals surface area contributed by atoms with Crippen molar-refractivity contribution in [2.45, 2.75) is 57.9 Å². The van der Waals surface area contributed by atoms with Gasteiger partial charge < -0.3 is 15.2 Å². The van der Waals surface area contributed by atoms with Gasteiger partial charge in [-0.15, -0.1) is 0 Å². The van der Waals surface area contributed by atoms with E-state index in [1.54, 1.807) is 13.8 Å². The van der Waals surface area contributed by atoms with Gasteiger partial charge in [0.2, 0.25) is 0 Å². The Balaban J connectivity index is 1.53. The van der Waals surface area contributed by atoms with Crippen molar-refractivity contribution in [2.75, 3.05) is 13.6 Å². The quantitative estimate of drug-likeness (QED) is 0.305. The number of hydrogen-bond donors (Lipinski definition) is 2. The fourth-order valence-electron chi connectivity index (χ4n) is 4.97. The molecule has 32 heavy (non-hydrogen) atoms. The van der Waals surface area contributed by atoms with Crippen molar-refractivity contribution in [1.82, 2.24) is 9.80 Å². The van der Waals surface area contributed by atoms with Crippen LogP contribution in [0.4, 0.5) is 4.79 Å². The van der Waals surface area contributed by atoms with Crippen molar-refractivity contribution in [3.63, 3.8) is 0 Å². The Labute approximate surface area is 187 Å². The molecule has 3 aliphatic rings. The number of carboxylic acid groups (broad SMARTS) is 1. The third kappa shape index (κ3) is 3.57. The summed E-state index contributed by atoms with van der Waals surface area (Å²) in [5.41, 5.74) is 5.20. The first-order chi connectivity index (χ1) is 15.1. The monoisotopic (exact) mass is 439 g/mol. The number of amides is 3. The number of nitrogens with zero attached hydrogens (tertiary/aromatic N) is 3. The number of carbonyl (C=O) groups is 3. The summed E-state index contributed by atoms with van der Waals surface area (Å²) in [6.07, 6.45) is 5.40. The summed E-state index contributed by atoms with van der Waals surface area (Å²) < 4.78 is 0. The highest BCUT2D eigenvalue weighted by Crippen LogP contribution is 2.41. The average Bonchev–Trinajstić information content (AvgIpc) is 3.21. The molecule has 1 aliphatic heterocycles. The van der Waals surface area contributed by atoms with Crippen LogP contribution in [0.2, 0.25) is 0 Å². The van der Waals surface area contributed by atoms with Crippen LogP contribution in [0.25, 0.3) is 5.57 Å². The lowest BCUT2D eigenvalue weighted by Crippen LogP contribution is -2.42. The maximum absolute atomic E-state index is 12.7. The zero-order valence-corrected chi connectivity index (χ0v) is 18.7. The maximum atomic E-state index is 12.7. The lowest BCUT2D eigenvalue weighted by molar-refractivity contribution is -0.142. The van der Waals surface area contributed by atoms with Crippen LogP contribution in [-0.2, 0) is 16.0 Å². The standard InChI is InChI=1S/C24H29N3O5/c1-24(2)22(30)27(23(31)26(24)3)13-17(21(28)29)12-20(25-32)15-8-9-19-16(11-15)10-14-6-4-5-7-18(14)19/h8-9,11,17,32H,4-7,10,12-13H2,1-3H3,(H,28,29)/t17-/m1/s1. The Morgan fingerprint density at radius 2 is 1.94 bits per heavy atom. The molecule has 0 unspecified atom stereocenters. The van der Waals surface area contributed by atoms with Crippen molar-refractivity contribution >= 4 is 29.2 Å². The van der Waals surface area contributed by atoms with Gasteiger partial charge in [0.15, 0.2) is 0 Å². The Kier molecular flexibility index (Phi) is 5.56. The van der Waals surface area contributed by atoms with Gasteiger partial charge in [0.1, 0.15) is 5.54 Å². The molecule has 4 rings (SSSR count). The van der Waals surface area contributed by atoms with Gasteiger partial charge in [-0.3, -0.25) is 14.5 Å². The topological polar surface area (TPSA) is 111 Å². The number of urea groups is 1. The number of hydrogen-bond acceptors (Lipinski definition) is 5. The Morgan fingerprint density at radius 1 is 1.22 bits per heavy atom. The molecular weight excluding hydrogens is 410 g/mol. The zero-order chi connectivity index (χ0) is 23.2. The van der Waals surface area contributed by atoms with Crippen molar-refractivity contribution in [3.05, 3.63) is 40.5 Å². The van der Waals surface area contributed by atoms with Gasteiger partial charge >= 0.3 is 12.0 Å². The second-order valence-corrected chi connectivity index (χ2v) is 9.44. The van der Waals surface area contributed by atoms with Crippen LogP contribution in [-0.4, -0.2) is 62.9 Å². The van der Waals surface area contributed by atoms with E-state index < -0.39 is 29.4 Å². The molecule has 0 bridgehead atoms. The minimum absolute atomic E-state index is 0.0982. The predicted molar refractivity (Wildman–Crippen MR) is 119 cm³/mol. The lowest BCUT2D eigenvalue weighted by atomic mass is 9.91. The third-order valence-electron chi connectivity index (χ3n) is 7.19. The van der Waals surface area contributed by atoms with Crippen molar-refractivity contribution in [3.8, 4) is 0 Å². The number of rotatable bonds is 6. The number of carboxylic acids is 1. The summed E-state index contributed by atoms with van der Waals surface area (Å²) in [7, 11) is 1.52. The molecule has 1 fully saturated rings. The third-order valence-corrected chi connectivity index (χ3v) is 7.19. The van der Waals surface area contributed by atoms with E-state index in [-0.39, 0.29) is 18.7 Å². The van der Waals surface area contributed by atoms with Crippen molar-refractivity contribution in [1.29, 1.82) is 0 Å². The number of oxime groups is 1. The molecule has 170 valence electrons. The molecule has 8 heteroatoms. The van der Waals surface area contributed by atoms with Crippen LogP contribution in [0.5, 0.6) is 0 Å². The second-order valence-electron chi connectivity index (χ2n) is 9.44. The smallest absolute Gasteiger partial charge is 0.327 e. The largest absolute Gasteiger partial charge is 0.481 e.